The van der Waals surface area contributed by atoms with E-state index in [1.165, 1.54) is 0 Å². The van der Waals surface area contributed by atoms with Gasteiger partial charge in [-0.25, -0.2) is 0 Å². The van der Waals surface area contributed by atoms with Crippen LogP contribution in [0, 0.1) is 5.41 Å². The predicted octanol–water partition coefficient (Wildman–Crippen LogP) is -1.90. The number of guanidine groups is 1. The molecule has 7 N–H and O–H groups in total. The Morgan fingerprint density at radius 3 is 1.14 bits per heavy atom. The molecular formula is CH7CaN3O2. The normalized spacial score (nSPS) is 3.43. The van der Waals surface area contributed by atoms with Gasteiger partial charge in [-0.2, -0.15) is 0 Å². The molecule has 0 aromatic heterocycles. The molecule has 0 atom stereocenters. The van der Waals surface area contributed by atoms with Crippen LogP contribution in [0.1, 0.15) is 0 Å². The maximum atomic E-state index is 6.06. The van der Waals surface area contributed by atoms with E-state index in [1.807, 2.05) is 0 Å². The molecule has 0 aliphatic heterocycles. The predicted molar refractivity (Wildman–Crippen MR) is 25.7 cm³/mol. The number of rotatable bonds is 0. The minimum Gasteiger partial charge on any atom is -0.870 e. The number of hydrogen-bond donors (Lipinski definition) is 3. The van der Waals surface area contributed by atoms with Crippen molar-refractivity contribution in [2.75, 3.05) is 0 Å². The van der Waals surface area contributed by atoms with Crippen molar-refractivity contribution in [1.82, 2.24) is 0 Å². The van der Waals surface area contributed by atoms with Crippen LogP contribution in [0.15, 0.2) is 0 Å². The second-order valence-electron chi connectivity index (χ2n) is 0.455. The van der Waals surface area contributed by atoms with E-state index in [1.54, 1.807) is 0 Å². The molecule has 0 heterocycles. The first kappa shape index (κ1) is 26.0. The zero-order valence-corrected chi connectivity index (χ0v) is 5.96. The fourth-order valence-corrected chi connectivity index (χ4v) is 0. The molecule has 5 nitrogen and oxygen atoms in total. The number of nitrogens with one attached hydrogen (secondary N) is 1. The molecule has 7 heavy (non-hydrogen) atoms. The molecule has 40 valence electrons. The maximum Gasteiger partial charge on any atom is 2.00 e. The van der Waals surface area contributed by atoms with Crippen molar-refractivity contribution in [2.45, 2.75) is 0 Å². The molecule has 0 saturated carbocycles. The topological polar surface area (TPSA) is 136 Å². The van der Waals surface area contributed by atoms with Crippen LogP contribution in [-0.4, -0.2) is 54.7 Å². The van der Waals surface area contributed by atoms with Crippen LogP contribution >= 0.6 is 0 Å². The zero-order chi connectivity index (χ0) is 3.58. The summed E-state index contributed by atoms with van der Waals surface area (Å²) in [5, 5.41) is 6.06. The Labute approximate surface area is 71.2 Å². The monoisotopic (exact) mass is 133 g/mol. The van der Waals surface area contributed by atoms with Crippen molar-refractivity contribution in [2.24, 2.45) is 11.5 Å². The van der Waals surface area contributed by atoms with Gasteiger partial charge in [0.15, 0.2) is 5.96 Å². The average Bonchev–Trinajstić information content (AvgIpc) is 0.811. The zero-order valence-electron chi connectivity index (χ0n) is 3.76. The van der Waals surface area contributed by atoms with Gasteiger partial charge in [0.2, 0.25) is 0 Å². The van der Waals surface area contributed by atoms with Crippen molar-refractivity contribution in [3.05, 3.63) is 0 Å². The van der Waals surface area contributed by atoms with E-state index < -0.39 is 0 Å². The van der Waals surface area contributed by atoms with Crippen LogP contribution in [0.25, 0.3) is 0 Å². The van der Waals surface area contributed by atoms with Gasteiger partial charge in [0.1, 0.15) is 0 Å². The quantitative estimate of drug-likeness (QED) is 0.202. The van der Waals surface area contributed by atoms with Crippen LogP contribution in [-0.2, 0) is 0 Å². The molecule has 0 fully saturated rings. The summed E-state index contributed by atoms with van der Waals surface area (Å²) < 4.78 is 0. The van der Waals surface area contributed by atoms with Crippen LogP contribution < -0.4 is 11.5 Å². The summed E-state index contributed by atoms with van der Waals surface area (Å²) in [5.41, 5.74) is 8.94. The third kappa shape index (κ3) is 631. The van der Waals surface area contributed by atoms with E-state index in [0.717, 1.165) is 0 Å². The molecule has 0 bridgehead atoms. The van der Waals surface area contributed by atoms with Crippen LogP contribution in [0.5, 0.6) is 0 Å². The first-order chi connectivity index (χ1) is 1.73. The fourth-order valence-electron chi connectivity index (χ4n) is 0. The molecule has 0 aromatic rings. The first-order valence-corrected chi connectivity index (χ1v) is 0.827. The summed E-state index contributed by atoms with van der Waals surface area (Å²) in [5.74, 6) is -0.333. The van der Waals surface area contributed by atoms with Crippen molar-refractivity contribution < 1.29 is 11.0 Å². The van der Waals surface area contributed by atoms with Crippen molar-refractivity contribution >= 4 is 43.7 Å². The molecule has 0 unspecified atom stereocenters. The molecule has 0 radical (unpaired) electrons. The Morgan fingerprint density at radius 2 is 1.14 bits per heavy atom. The molecule has 6 heteroatoms. The third-order valence-electron chi connectivity index (χ3n) is 0. The van der Waals surface area contributed by atoms with Crippen LogP contribution in [0.4, 0.5) is 0 Å². The van der Waals surface area contributed by atoms with E-state index in [4.69, 9.17) is 5.41 Å². The van der Waals surface area contributed by atoms with Crippen molar-refractivity contribution in [3.63, 3.8) is 0 Å². The van der Waals surface area contributed by atoms with Gasteiger partial charge in [0, 0.05) is 0 Å². The minimum atomic E-state index is -0.333. The van der Waals surface area contributed by atoms with Gasteiger partial charge in [0.25, 0.3) is 0 Å². The Morgan fingerprint density at radius 1 is 1.14 bits per heavy atom. The van der Waals surface area contributed by atoms with E-state index >= 15 is 0 Å². The molecular weight excluding hydrogens is 126 g/mol. The second-order valence-corrected chi connectivity index (χ2v) is 0.455. The largest absolute Gasteiger partial charge is 2.00 e. The van der Waals surface area contributed by atoms with Gasteiger partial charge in [0.05, 0.1) is 0 Å². The van der Waals surface area contributed by atoms with Crippen LogP contribution in [0.2, 0.25) is 0 Å². The van der Waals surface area contributed by atoms with Crippen LogP contribution in [0.3, 0.4) is 0 Å². The summed E-state index contributed by atoms with van der Waals surface area (Å²) in [7, 11) is 0. The molecule has 0 amide bonds. The van der Waals surface area contributed by atoms with Gasteiger partial charge in [-0.3, -0.25) is 5.41 Å². The third-order valence-corrected chi connectivity index (χ3v) is 0. The molecule has 0 aromatic carbocycles. The number of nitrogens with two attached hydrogens (primary N) is 2. The standard InChI is InChI=1S/CH5N3.Ca.2H2O/c2-1(3)4;;;/h(H5,2,3,4);;2*1H2/q;+2;;/p-2. The van der Waals surface area contributed by atoms with Crippen molar-refractivity contribution in [3.8, 4) is 0 Å². The van der Waals surface area contributed by atoms with Crippen molar-refractivity contribution in [1.29, 1.82) is 5.41 Å². The average molecular weight is 133 g/mol. The second kappa shape index (κ2) is 16.1. The van der Waals surface area contributed by atoms with Gasteiger partial charge in [-0.1, -0.05) is 0 Å². The maximum absolute atomic E-state index is 6.06. The van der Waals surface area contributed by atoms with Gasteiger partial charge in [-0.05, 0) is 0 Å². The smallest absolute Gasteiger partial charge is 0.870 e. The fraction of sp³-hybridized carbons (Fsp3) is 0. The molecule has 0 aliphatic carbocycles. The molecule has 0 rings (SSSR count). The Hall–Kier alpha value is 0.450. The summed E-state index contributed by atoms with van der Waals surface area (Å²) in [6, 6.07) is 0. The Kier molecular flexibility index (Phi) is 59.9. The summed E-state index contributed by atoms with van der Waals surface area (Å²) in [6.07, 6.45) is 0. The molecule has 0 spiro atoms. The summed E-state index contributed by atoms with van der Waals surface area (Å²) in [4.78, 5) is 0. The molecule has 0 aliphatic rings. The van der Waals surface area contributed by atoms with Gasteiger partial charge in [-0.15, -0.1) is 0 Å². The van der Waals surface area contributed by atoms with Gasteiger partial charge < -0.3 is 22.4 Å². The minimum absolute atomic E-state index is 0. The van der Waals surface area contributed by atoms with E-state index in [-0.39, 0.29) is 54.7 Å². The summed E-state index contributed by atoms with van der Waals surface area (Å²) in [6.45, 7) is 0. The Bertz CT molecular complexity index is 35.9. The Balaban J connectivity index is -0.0000000150. The SMILES string of the molecule is N=C(N)N.[Ca+2].[OH-].[OH-]. The summed E-state index contributed by atoms with van der Waals surface area (Å²) >= 11 is 0. The number of hydrogen-bond acceptors (Lipinski definition) is 3. The van der Waals surface area contributed by atoms with Gasteiger partial charge >= 0.3 is 37.7 Å². The molecule has 0 saturated heterocycles. The van der Waals surface area contributed by atoms with E-state index in [9.17, 15) is 0 Å². The van der Waals surface area contributed by atoms with E-state index in [0.29, 0.717) is 0 Å². The first-order valence-electron chi connectivity index (χ1n) is 0.827. The van der Waals surface area contributed by atoms with E-state index in [2.05, 4.69) is 11.5 Å².